The van der Waals surface area contributed by atoms with Gasteiger partial charge < -0.3 is 9.73 Å². The first-order valence-electron chi connectivity index (χ1n) is 12.7. The van der Waals surface area contributed by atoms with Crippen LogP contribution in [0.25, 0.3) is 17.4 Å². The van der Waals surface area contributed by atoms with Crippen molar-refractivity contribution in [3.63, 3.8) is 0 Å². The van der Waals surface area contributed by atoms with Crippen LogP contribution < -0.4 is 20.2 Å². The molecule has 1 aliphatic rings. The molecule has 8 heteroatoms. The molecule has 0 saturated carbocycles. The van der Waals surface area contributed by atoms with Gasteiger partial charge in [-0.2, -0.15) is 0 Å². The number of allylic oxidation sites excluding steroid dienone is 1. The van der Waals surface area contributed by atoms with E-state index in [1.807, 2.05) is 105 Å². The van der Waals surface area contributed by atoms with Crippen LogP contribution in [-0.4, -0.2) is 10.5 Å². The summed E-state index contributed by atoms with van der Waals surface area (Å²) >= 11 is 4.74. The Bertz CT molecular complexity index is 1930. The number of carbonyl (C=O) groups excluding carboxylic acids is 1. The van der Waals surface area contributed by atoms with Gasteiger partial charge in [-0.05, 0) is 55.8 Å². The number of halogens is 1. The van der Waals surface area contributed by atoms with E-state index in [0.717, 1.165) is 21.2 Å². The Hall–Kier alpha value is -4.27. The molecule has 1 aliphatic heterocycles. The van der Waals surface area contributed by atoms with E-state index in [2.05, 4.69) is 21.2 Å². The van der Waals surface area contributed by atoms with Crippen LogP contribution in [-0.2, 0) is 4.79 Å². The van der Waals surface area contributed by atoms with Gasteiger partial charge in [0, 0.05) is 21.8 Å². The van der Waals surface area contributed by atoms with E-state index in [0.29, 0.717) is 37.8 Å². The van der Waals surface area contributed by atoms with Gasteiger partial charge in [-0.3, -0.25) is 14.2 Å². The molecule has 1 amide bonds. The average molecular weight is 611 g/mol. The maximum Gasteiger partial charge on any atom is 0.271 e. The fraction of sp³-hybridized carbons (Fsp3) is 0.0938. The molecule has 0 bridgehead atoms. The molecule has 198 valence electrons. The number of carbonyl (C=O) groups is 1. The molecule has 1 N–H and O–H groups in total. The van der Waals surface area contributed by atoms with E-state index in [9.17, 15) is 9.59 Å². The van der Waals surface area contributed by atoms with Crippen molar-refractivity contribution in [1.29, 1.82) is 0 Å². The second kappa shape index (κ2) is 10.7. The van der Waals surface area contributed by atoms with E-state index in [1.165, 1.54) is 11.3 Å². The summed E-state index contributed by atoms with van der Waals surface area (Å²) in [5.74, 6) is 0.977. The predicted octanol–water partition coefficient (Wildman–Crippen LogP) is 6.20. The van der Waals surface area contributed by atoms with Crippen molar-refractivity contribution in [2.45, 2.75) is 19.9 Å². The first-order chi connectivity index (χ1) is 19.4. The van der Waals surface area contributed by atoms with E-state index in [1.54, 1.807) is 10.6 Å². The number of anilines is 1. The summed E-state index contributed by atoms with van der Waals surface area (Å²) < 4.78 is 9.13. The van der Waals surface area contributed by atoms with Gasteiger partial charge in [0.25, 0.3) is 11.5 Å². The Morgan fingerprint density at radius 2 is 1.70 bits per heavy atom. The van der Waals surface area contributed by atoms with Crippen molar-refractivity contribution in [2.24, 2.45) is 4.99 Å². The number of aryl methyl sites for hydroxylation is 1. The number of para-hydroxylation sites is 1. The number of hydrogen-bond donors (Lipinski definition) is 1. The topological polar surface area (TPSA) is 76.6 Å². The molecule has 1 atom stereocenters. The van der Waals surface area contributed by atoms with Crippen molar-refractivity contribution in [2.75, 3.05) is 5.32 Å². The number of furan rings is 1. The molecule has 2 aromatic heterocycles. The lowest BCUT2D eigenvalue weighted by molar-refractivity contribution is -0.113. The van der Waals surface area contributed by atoms with E-state index in [4.69, 9.17) is 9.41 Å². The molecule has 0 aliphatic carbocycles. The number of hydrogen-bond acceptors (Lipinski definition) is 5. The smallest absolute Gasteiger partial charge is 0.271 e. The first kappa shape index (κ1) is 26.0. The standard InChI is InChI=1S/C32H24BrN3O3S/c1-19-8-10-22(11-9-19)29-28(30(37)35-24-6-4-3-5-7-24)20(2)34-32-36(29)31(38)27(40-32)18-25-16-17-26(39-25)21-12-14-23(33)15-13-21/h3-18,29H,1-2H3,(H,35,37)/b27-18-. The van der Waals surface area contributed by atoms with Gasteiger partial charge in [-0.25, -0.2) is 4.99 Å². The predicted molar refractivity (Wildman–Crippen MR) is 162 cm³/mol. The summed E-state index contributed by atoms with van der Waals surface area (Å²) in [4.78, 5) is 32.8. The summed E-state index contributed by atoms with van der Waals surface area (Å²) in [6, 6.07) is 28.1. The maximum absolute atomic E-state index is 13.9. The molecule has 0 fully saturated rings. The summed E-state index contributed by atoms with van der Waals surface area (Å²) in [5, 5.41) is 2.98. The van der Waals surface area contributed by atoms with Gasteiger partial charge in [-0.1, -0.05) is 87.4 Å². The number of benzene rings is 3. The number of rotatable bonds is 5. The minimum absolute atomic E-state index is 0.228. The van der Waals surface area contributed by atoms with Crippen LogP contribution in [0.5, 0.6) is 0 Å². The quantitative estimate of drug-likeness (QED) is 0.257. The van der Waals surface area contributed by atoms with Crippen molar-refractivity contribution < 1.29 is 9.21 Å². The van der Waals surface area contributed by atoms with E-state index < -0.39 is 6.04 Å². The Labute approximate surface area is 242 Å². The molecule has 3 aromatic carbocycles. The average Bonchev–Trinajstić information content (AvgIpc) is 3.53. The molecule has 0 saturated heterocycles. The Morgan fingerprint density at radius 1 is 0.975 bits per heavy atom. The molecule has 6 nitrogen and oxygen atoms in total. The second-order valence-corrected chi connectivity index (χ2v) is 11.4. The Balaban J connectivity index is 1.44. The van der Waals surface area contributed by atoms with Crippen LogP contribution in [0.4, 0.5) is 5.69 Å². The van der Waals surface area contributed by atoms with Crippen LogP contribution in [0.15, 0.2) is 121 Å². The van der Waals surface area contributed by atoms with Gasteiger partial charge >= 0.3 is 0 Å². The normalized spacial score (nSPS) is 15.1. The van der Waals surface area contributed by atoms with Crippen molar-refractivity contribution in [1.82, 2.24) is 4.57 Å². The minimum Gasteiger partial charge on any atom is -0.457 e. The van der Waals surface area contributed by atoms with E-state index in [-0.39, 0.29) is 11.5 Å². The maximum atomic E-state index is 13.9. The molecular weight excluding hydrogens is 586 g/mol. The zero-order chi connectivity index (χ0) is 27.8. The molecule has 40 heavy (non-hydrogen) atoms. The highest BCUT2D eigenvalue weighted by atomic mass is 79.9. The van der Waals surface area contributed by atoms with Crippen LogP contribution in [0.1, 0.15) is 29.9 Å². The highest BCUT2D eigenvalue weighted by Gasteiger charge is 2.32. The highest BCUT2D eigenvalue weighted by molar-refractivity contribution is 9.10. The number of nitrogens with one attached hydrogen (secondary N) is 1. The van der Waals surface area contributed by atoms with Crippen LogP contribution in [0.3, 0.4) is 0 Å². The van der Waals surface area contributed by atoms with Gasteiger partial charge in [0.1, 0.15) is 11.5 Å². The molecule has 5 aromatic rings. The lowest BCUT2D eigenvalue weighted by Crippen LogP contribution is -2.40. The summed E-state index contributed by atoms with van der Waals surface area (Å²) in [6.07, 6.45) is 1.74. The zero-order valence-electron chi connectivity index (χ0n) is 21.7. The second-order valence-electron chi connectivity index (χ2n) is 9.52. The summed E-state index contributed by atoms with van der Waals surface area (Å²) in [6.45, 7) is 3.82. The van der Waals surface area contributed by atoms with Gasteiger partial charge in [0.2, 0.25) is 0 Å². The van der Waals surface area contributed by atoms with Crippen LogP contribution in [0, 0.1) is 6.92 Å². The lowest BCUT2D eigenvalue weighted by Gasteiger charge is -2.25. The lowest BCUT2D eigenvalue weighted by atomic mass is 9.94. The zero-order valence-corrected chi connectivity index (χ0v) is 24.1. The third kappa shape index (κ3) is 5.03. The Kier molecular flexibility index (Phi) is 6.96. The SMILES string of the molecule is CC1=C(C(=O)Nc2ccccc2)C(c2ccc(C)cc2)n2c(s/c(=C\c3ccc(-c4ccc(Br)cc4)o3)c2=O)=N1. The molecule has 6 rings (SSSR count). The number of thiazole rings is 1. The Morgan fingerprint density at radius 3 is 2.42 bits per heavy atom. The number of nitrogens with zero attached hydrogens (tertiary/aromatic N) is 2. The van der Waals surface area contributed by atoms with Gasteiger partial charge in [-0.15, -0.1) is 0 Å². The number of amides is 1. The number of aromatic nitrogens is 1. The third-order valence-electron chi connectivity index (χ3n) is 6.72. The molecule has 0 spiro atoms. The van der Waals surface area contributed by atoms with Gasteiger partial charge in [0.05, 0.1) is 21.8 Å². The first-order valence-corrected chi connectivity index (χ1v) is 14.3. The molecule has 0 radical (unpaired) electrons. The van der Waals surface area contributed by atoms with Crippen LogP contribution in [0.2, 0.25) is 0 Å². The highest BCUT2D eigenvalue weighted by Crippen LogP contribution is 2.31. The van der Waals surface area contributed by atoms with Gasteiger partial charge in [0.15, 0.2) is 4.80 Å². The minimum atomic E-state index is -0.627. The molecule has 1 unspecified atom stereocenters. The van der Waals surface area contributed by atoms with Crippen molar-refractivity contribution >= 4 is 44.9 Å². The molecule has 3 heterocycles. The summed E-state index contributed by atoms with van der Waals surface area (Å²) in [5.41, 5.74) is 4.31. The van der Waals surface area contributed by atoms with Crippen molar-refractivity contribution in [3.05, 3.63) is 143 Å². The fourth-order valence-corrected chi connectivity index (χ4v) is 6.02. The largest absolute Gasteiger partial charge is 0.457 e. The number of fused-ring (bicyclic) bond motifs is 1. The monoisotopic (exact) mass is 609 g/mol. The van der Waals surface area contributed by atoms with E-state index >= 15 is 0 Å². The molecular formula is C32H24BrN3O3S. The van der Waals surface area contributed by atoms with Crippen LogP contribution >= 0.6 is 27.3 Å². The summed E-state index contributed by atoms with van der Waals surface area (Å²) in [7, 11) is 0. The fourth-order valence-electron chi connectivity index (χ4n) is 4.72. The van der Waals surface area contributed by atoms with Crippen molar-refractivity contribution in [3.8, 4) is 11.3 Å². The third-order valence-corrected chi connectivity index (χ3v) is 8.23.